The van der Waals surface area contributed by atoms with E-state index < -0.39 is 12.0 Å². The van der Waals surface area contributed by atoms with Crippen LogP contribution in [0.25, 0.3) is 0 Å². The van der Waals surface area contributed by atoms with Gasteiger partial charge in [-0.15, -0.1) is 0 Å². The van der Waals surface area contributed by atoms with E-state index in [1.807, 2.05) is 0 Å². The largest absolute Gasteiger partial charge is 0.548 e. The lowest BCUT2D eigenvalue weighted by atomic mass is 10.3. The summed E-state index contributed by atoms with van der Waals surface area (Å²) in [7, 11) is 0. The lowest BCUT2D eigenvalue weighted by molar-refractivity contribution is -0.310. The van der Waals surface area contributed by atoms with Crippen molar-refractivity contribution in [1.82, 2.24) is 9.78 Å². The highest BCUT2D eigenvalue weighted by molar-refractivity contribution is 6.31. The number of carboxylic acids is 1. The Balaban J connectivity index is 3.03. The average molecular weight is 188 g/mol. The van der Waals surface area contributed by atoms with Gasteiger partial charge in [-0.05, 0) is 13.8 Å². The number of rotatable bonds is 2. The molecule has 1 aromatic rings. The van der Waals surface area contributed by atoms with Gasteiger partial charge < -0.3 is 9.90 Å². The molecule has 4 nitrogen and oxygen atoms in total. The monoisotopic (exact) mass is 187 g/mol. The fraction of sp³-hybridized carbons (Fsp3) is 0.429. The van der Waals surface area contributed by atoms with Gasteiger partial charge in [-0.3, -0.25) is 4.68 Å². The Morgan fingerprint density at radius 3 is 2.75 bits per heavy atom. The van der Waals surface area contributed by atoms with E-state index in [0.717, 1.165) is 0 Å². The molecule has 0 radical (unpaired) electrons. The van der Waals surface area contributed by atoms with Crippen molar-refractivity contribution in [2.75, 3.05) is 0 Å². The first-order chi connectivity index (χ1) is 5.54. The molecule has 0 spiro atoms. The third kappa shape index (κ3) is 1.43. The first kappa shape index (κ1) is 9.06. The summed E-state index contributed by atoms with van der Waals surface area (Å²) < 4.78 is 1.32. The molecule has 0 aromatic carbocycles. The van der Waals surface area contributed by atoms with Crippen LogP contribution in [0.4, 0.5) is 0 Å². The number of aliphatic carboxylic acids is 1. The molecule has 0 N–H and O–H groups in total. The Kier molecular flexibility index (Phi) is 2.38. The predicted molar refractivity (Wildman–Crippen MR) is 41.7 cm³/mol. The molecule has 0 aliphatic rings. The molecular weight excluding hydrogens is 180 g/mol. The van der Waals surface area contributed by atoms with Crippen molar-refractivity contribution in [3.05, 3.63) is 16.9 Å². The highest BCUT2D eigenvalue weighted by Crippen LogP contribution is 2.16. The molecule has 0 aliphatic heterocycles. The summed E-state index contributed by atoms with van der Waals surface area (Å²) in [5.74, 6) is -1.17. The fourth-order valence-electron chi connectivity index (χ4n) is 0.893. The smallest absolute Gasteiger partial charge is 0.0888 e. The molecule has 1 heterocycles. The maximum atomic E-state index is 10.4. The molecule has 66 valence electrons. The number of nitrogens with zero attached hydrogens (tertiary/aromatic N) is 2. The zero-order valence-corrected chi connectivity index (χ0v) is 7.50. The maximum Gasteiger partial charge on any atom is 0.0888 e. The van der Waals surface area contributed by atoms with Gasteiger partial charge in [-0.25, -0.2) is 0 Å². The van der Waals surface area contributed by atoms with E-state index in [2.05, 4.69) is 5.10 Å². The SMILES string of the molecule is Cc1c(Cl)cnn1[C@H](C)C(=O)[O-]. The standard InChI is InChI=1S/C7H9ClN2O2/c1-4-6(8)3-9-10(4)5(2)7(11)12/h3,5H,1-2H3,(H,11,12)/p-1/t5-/m1/s1. The minimum absolute atomic E-state index is 0.461. The summed E-state index contributed by atoms with van der Waals surface area (Å²) in [6, 6.07) is -0.780. The fourth-order valence-corrected chi connectivity index (χ4v) is 1.02. The summed E-state index contributed by atoms with van der Waals surface area (Å²) in [6.45, 7) is 3.19. The quantitative estimate of drug-likeness (QED) is 0.663. The van der Waals surface area contributed by atoms with E-state index in [4.69, 9.17) is 11.6 Å². The van der Waals surface area contributed by atoms with E-state index >= 15 is 0 Å². The second-order valence-corrected chi connectivity index (χ2v) is 2.92. The van der Waals surface area contributed by atoms with E-state index in [1.54, 1.807) is 6.92 Å². The molecule has 1 rings (SSSR count). The van der Waals surface area contributed by atoms with Crippen LogP contribution in [-0.4, -0.2) is 15.7 Å². The van der Waals surface area contributed by atoms with E-state index in [-0.39, 0.29) is 0 Å². The van der Waals surface area contributed by atoms with E-state index in [0.29, 0.717) is 10.7 Å². The van der Waals surface area contributed by atoms with Gasteiger partial charge in [0.05, 0.1) is 28.9 Å². The molecule has 0 unspecified atom stereocenters. The summed E-state index contributed by atoms with van der Waals surface area (Å²) in [5, 5.41) is 14.7. The molecule has 0 saturated heterocycles. The zero-order chi connectivity index (χ0) is 9.30. The summed E-state index contributed by atoms with van der Waals surface area (Å²) in [6.07, 6.45) is 1.41. The van der Waals surface area contributed by atoms with Crippen LogP contribution in [0.2, 0.25) is 5.02 Å². The number of hydrogen-bond donors (Lipinski definition) is 0. The number of hydrogen-bond acceptors (Lipinski definition) is 3. The third-order valence-corrected chi connectivity index (χ3v) is 2.06. The molecule has 0 aliphatic carbocycles. The van der Waals surface area contributed by atoms with Gasteiger partial charge in [0.25, 0.3) is 0 Å². The van der Waals surface area contributed by atoms with Gasteiger partial charge in [-0.1, -0.05) is 11.6 Å². The van der Waals surface area contributed by atoms with Crippen molar-refractivity contribution >= 4 is 17.6 Å². The van der Waals surface area contributed by atoms with E-state index in [1.165, 1.54) is 17.8 Å². The summed E-state index contributed by atoms with van der Waals surface area (Å²) in [5.41, 5.74) is 0.633. The molecule has 1 aromatic heterocycles. The van der Waals surface area contributed by atoms with Crippen LogP contribution in [-0.2, 0) is 4.79 Å². The van der Waals surface area contributed by atoms with Crippen LogP contribution >= 0.6 is 11.6 Å². The van der Waals surface area contributed by atoms with Crippen LogP contribution in [0.15, 0.2) is 6.20 Å². The molecule has 0 amide bonds. The topological polar surface area (TPSA) is 58.0 Å². The summed E-state index contributed by atoms with van der Waals surface area (Å²) in [4.78, 5) is 10.4. The molecular formula is C7H8ClN2O2-. The molecule has 1 atom stereocenters. The van der Waals surface area contributed by atoms with Crippen molar-refractivity contribution in [2.24, 2.45) is 0 Å². The van der Waals surface area contributed by atoms with Crippen molar-refractivity contribution in [1.29, 1.82) is 0 Å². The van der Waals surface area contributed by atoms with Gasteiger partial charge in [0.15, 0.2) is 0 Å². The minimum atomic E-state index is -1.17. The van der Waals surface area contributed by atoms with Gasteiger partial charge >= 0.3 is 0 Å². The van der Waals surface area contributed by atoms with Crippen molar-refractivity contribution in [3.63, 3.8) is 0 Å². The van der Waals surface area contributed by atoms with Crippen LogP contribution in [0.5, 0.6) is 0 Å². The van der Waals surface area contributed by atoms with E-state index in [9.17, 15) is 9.90 Å². The molecule has 5 heteroatoms. The maximum absolute atomic E-state index is 10.4. The van der Waals surface area contributed by atoms with Gasteiger partial charge in [0.1, 0.15) is 0 Å². The average Bonchev–Trinajstić information content (AvgIpc) is 2.32. The number of carboxylic acid groups (broad SMARTS) is 1. The van der Waals surface area contributed by atoms with Crippen LogP contribution in [0.1, 0.15) is 18.7 Å². The van der Waals surface area contributed by atoms with Crippen LogP contribution < -0.4 is 5.11 Å². The summed E-state index contributed by atoms with van der Waals surface area (Å²) >= 11 is 5.68. The van der Waals surface area contributed by atoms with Crippen molar-refractivity contribution in [2.45, 2.75) is 19.9 Å². The molecule has 0 fully saturated rings. The molecule has 0 bridgehead atoms. The zero-order valence-electron chi connectivity index (χ0n) is 6.74. The predicted octanol–water partition coefficient (Wildman–Crippen LogP) is 0.156. The normalized spacial score (nSPS) is 12.9. The van der Waals surface area contributed by atoms with Gasteiger partial charge in [-0.2, -0.15) is 5.10 Å². The van der Waals surface area contributed by atoms with Crippen LogP contribution in [0.3, 0.4) is 0 Å². The second-order valence-electron chi connectivity index (χ2n) is 2.52. The van der Waals surface area contributed by atoms with Gasteiger partial charge in [0, 0.05) is 0 Å². The number of aromatic nitrogens is 2. The lowest BCUT2D eigenvalue weighted by Crippen LogP contribution is -2.32. The number of halogens is 1. The Morgan fingerprint density at radius 2 is 2.42 bits per heavy atom. The first-order valence-corrected chi connectivity index (χ1v) is 3.82. The Hall–Kier alpha value is -1.03. The Labute approximate surface area is 74.8 Å². The lowest BCUT2D eigenvalue weighted by Gasteiger charge is -2.14. The first-order valence-electron chi connectivity index (χ1n) is 3.44. The number of carbonyl (C=O) groups is 1. The van der Waals surface area contributed by atoms with Crippen molar-refractivity contribution < 1.29 is 9.90 Å². The third-order valence-electron chi connectivity index (χ3n) is 1.69. The molecule has 12 heavy (non-hydrogen) atoms. The Morgan fingerprint density at radius 1 is 1.83 bits per heavy atom. The Bertz CT molecular complexity index is 308. The second kappa shape index (κ2) is 3.15. The highest BCUT2D eigenvalue weighted by Gasteiger charge is 2.10. The van der Waals surface area contributed by atoms with Gasteiger partial charge in [0.2, 0.25) is 0 Å². The van der Waals surface area contributed by atoms with Crippen molar-refractivity contribution in [3.8, 4) is 0 Å². The van der Waals surface area contributed by atoms with Crippen LogP contribution in [0, 0.1) is 6.92 Å². The number of carbonyl (C=O) groups excluding carboxylic acids is 1. The highest BCUT2D eigenvalue weighted by atomic mass is 35.5. The minimum Gasteiger partial charge on any atom is -0.548 e. The molecule has 0 saturated carbocycles.